The van der Waals surface area contributed by atoms with Crippen molar-refractivity contribution in [1.29, 1.82) is 0 Å². The van der Waals surface area contributed by atoms with Crippen molar-refractivity contribution in [1.82, 2.24) is 25.3 Å². The van der Waals surface area contributed by atoms with E-state index >= 15 is 0 Å². The fraction of sp³-hybridized carbons (Fsp3) is 0.571. The smallest absolute Gasteiger partial charge is 0.283 e. The SMILES string of the molecule is CC(NC(=O)Cn1ncc(NC2C3CCCC2CCC3)c(Br)c1=O)c1ccnnc1. The molecule has 30 heavy (non-hydrogen) atoms. The van der Waals surface area contributed by atoms with Crippen LogP contribution >= 0.6 is 15.9 Å². The van der Waals surface area contributed by atoms with Gasteiger partial charge in [-0.25, -0.2) is 4.68 Å². The van der Waals surface area contributed by atoms with Crippen molar-refractivity contribution in [2.45, 2.75) is 64.1 Å². The minimum absolute atomic E-state index is 0.144. The third kappa shape index (κ3) is 4.55. The van der Waals surface area contributed by atoms with Crippen LogP contribution in [0.5, 0.6) is 0 Å². The fourth-order valence-corrected chi connectivity index (χ4v) is 5.25. The minimum atomic E-state index is -0.311. The van der Waals surface area contributed by atoms with Crippen molar-refractivity contribution in [3.63, 3.8) is 0 Å². The maximum absolute atomic E-state index is 12.8. The Bertz CT molecular complexity index is 928. The number of carbonyl (C=O) groups is 1. The lowest BCUT2D eigenvalue weighted by Gasteiger charge is -2.43. The zero-order valence-electron chi connectivity index (χ0n) is 17.1. The van der Waals surface area contributed by atoms with Crippen LogP contribution < -0.4 is 16.2 Å². The van der Waals surface area contributed by atoms with Crippen molar-refractivity contribution in [2.75, 3.05) is 5.32 Å². The minimum Gasteiger partial charge on any atom is -0.379 e. The van der Waals surface area contributed by atoms with Gasteiger partial charge in [0.2, 0.25) is 5.91 Å². The standard InChI is InChI=1S/C21H27BrN6O2/c1-13(16-8-9-23-24-10-16)26-18(29)12-28-21(30)19(22)17(11-25-28)27-20-14-4-2-5-15(20)7-3-6-14/h8-11,13-15,20,27H,2-7,12H2,1H3,(H,26,29). The monoisotopic (exact) mass is 474 g/mol. The molecule has 160 valence electrons. The number of nitrogens with zero attached hydrogens (tertiary/aromatic N) is 4. The molecule has 2 aliphatic carbocycles. The third-order valence-electron chi connectivity index (χ3n) is 6.40. The molecule has 0 aromatic carbocycles. The van der Waals surface area contributed by atoms with Gasteiger partial charge in [-0.15, -0.1) is 0 Å². The van der Waals surface area contributed by atoms with Crippen LogP contribution in [0.2, 0.25) is 0 Å². The lowest BCUT2D eigenvalue weighted by molar-refractivity contribution is -0.122. The molecule has 2 aromatic heterocycles. The van der Waals surface area contributed by atoms with Crippen LogP contribution in [0, 0.1) is 11.8 Å². The number of anilines is 1. The highest BCUT2D eigenvalue weighted by molar-refractivity contribution is 9.10. The summed E-state index contributed by atoms with van der Waals surface area (Å²) < 4.78 is 1.62. The Morgan fingerprint density at radius 2 is 1.90 bits per heavy atom. The Hall–Kier alpha value is -2.29. The summed E-state index contributed by atoms with van der Waals surface area (Å²) in [7, 11) is 0. The lowest BCUT2D eigenvalue weighted by Crippen LogP contribution is -2.43. The number of rotatable bonds is 6. The maximum atomic E-state index is 12.8. The summed E-state index contributed by atoms with van der Waals surface area (Å²) in [6.07, 6.45) is 12.4. The maximum Gasteiger partial charge on any atom is 0.283 e. The van der Waals surface area contributed by atoms with Crippen molar-refractivity contribution in [2.24, 2.45) is 11.8 Å². The van der Waals surface area contributed by atoms with Crippen LogP contribution in [-0.4, -0.2) is 31.9 Å². The predicted molar refractivity (Wildman–Crippen MR) is 117 cm³/mol. The van der Waals surface area contributed by atoms with E-state index in [2.05, 4.69) is 41.9 Å². The van der Waals surface area contributed by atoms with E-state index in [9.17, 15) is 9.59 Å². The number of hydrogen-bond donors (Lipinski definition) is 2. The summed E-state index contributed by atoms with van der Waals surface area (Å²) in [4.78, 5) is 25.2. The zero-order chi connectivity index (χ0) is 21.1. The van der Waals surface area contributed by atoms with Crippen molar-refractivity contribution >= 4 is 27.5 Å². The van der Waals surface area contributed by atoms with Crippen LogP contribution in [0.25, 0.3) is 0 Å². The second-order valence-electron chi connectivity index (χ2n) is 8.35. The topological polar surface area (TPSA) is 102 Å². The molecule has 2 saturated carbocycles. The number of amides is 1. The van der Waals surface area contributed by atoms with E-state index in [-0.39, 0.29) is 24.1 Å². The van der Waals surface area contributed by atoms with Crippen LogP contribution in [0.3, 0.4) is 0 Å². The summed E-state index contributed by atoms with van der Waals surface area (Å²) in [5.41, 5.74) is 1.25. The number of halogens is 1. The molecular weight excluding hydrogens is 448 g/mol. The van der Waals surface area contributed by atoms with Crippen molar-refractivity contribution < 1.29 is 4.79 Å². The molecule has 2 N–H and O–H groups in total. The Morgan fingerprint density at radius 1 is 1.20 bits per heavy atom. The van der Waals surface area contributed by atoms with Gasteiger partial charge in [0.25, 0.3) is 5.56 Å². The highest BCUT2D eigenvalue weighted by Crippen LogP contribution is 2.41. The normalized spacial score (nSPS) is 24.1. The molecular formula is C21H27BrN6O2. The first-order valence-corrected chi connectivity index (χ1v) is 11.4. The van der Waals surface area contributed by atoms with Gasteiger partial charge in [0.05, 0.1) is 24.1 Å². The molecule has 0 aliphatic heterocycles. The molecule has 2 fully saturated rings. The lowest BCUT2D eigenvalue weighted by atomic mass is 9.68. The zero-order valence-corrected chi connectivity index (χ0v) is 18.6. The summed E-state index contributed by atoms with van der Waals surface area (Å²) >= 11 is 3.43. The van der Waals surface area contributed by atoms with Crippen molar-refractivity contribution in [3.05, 3.63) is 45.0 Å². The molecule has 0 saturated heterocycles. The molecule has 8 nitrogen and oxygen atoms in total. The second kappa shape index (κ2) is 9.24. The Labute approximate surface area is 184 Å². The first kappa shape index (κ1) is 21.0. The summed E-state index contributed by atoms with van der Waals surface area (Å²) in [5, 5.41) is 18.3. The van der Waals surface area contributed by atoms with Crippen LogP contribution in [0.1, 0.15) is 57.1 Å². The van der Waals surface area contributed by atoms with Gasteiger partial charge in [-0.3, -0.25) is 9.59 Å². The van der Waals surface area contributed by atoms with E-state index in [1.165, 1.54) is 43.2 Å². The number of hydrogen-bond acceptors (Lipinski definition) is 6. The summed E-state index contributed by atoms with van der Waals surface area (Å²) in [6, 6.07) is 1.96. The van der Waals surface area contributed by atoms with E-state index in [1.54, 1.807) is 24.7 Å². The number of fused-ring (bicyclic) bond motifs is 2. The average Bonchev–Trinajstić information content (AvgIpc) is 2.74. The summed E-state index contributed by atoms with van der Waals surface area (Å²) in [6.45, 7) is 1.71. The molecule has 0 spiro atoms. The first-order valence-electron chi connectivity index (χ1n) is 10.6. The molecule has 9 heteroatoms. The quantitative estimate of drug-likeness (QED) is 0.666. The van der Waals surface area contributed by atoms with E-state index in [4.69, 9.17) is 0 Å². The number of aromatic nitrogens is 4. The van der Waals surface area contributed by atoms with Gasteiger partial charge in [0.1, 0.15) is 11.0 Å². The van der Waals surface area contributed by atoms with Gasteiger partial charge in [0, 0.05) is 12.2 Å². The van der Waals surface area contributed by atoms with Gasteiger partial charge in [0.15, 0.2) is 0 Å². The largest absolute Gasteiger partial charge is 0.379 e. The van der Waals surface area contributed by atoms with Gasteiger partial charge >= 0.3 is 0 Å². The third-order valence-corrected chi connectivity index (χ3v) is 7.17. The number of carbonyl (C=O) groups excluding carboxylic acids is 1. The number of nitrogens with one attached hydrogen (secondary N) is 2. The van der Waals surface area contributed by atoms with E-state index in [0.717, 1.165) is 11.3 Å². The van der Waals surface area contributed by atoms with Crippen LogP contribution in [0.15, 0.2) is 33.9 Å². The molecule has 1 amide bonds. The molecule has 4 rings (SSSR count). The van der Waals surface area contributed by atoms with Gasteiger partial charge in [-0.1, -0.05) is 12.8 Å². The van der Waals surface area contributed by atoms with E-state index in [0.29, 0.717) is 22.4 Å². The molecule has 2 bridgehead atoms. The Balaban J connectivity index is 1.42. The molecule has 2 heterocycles. The van der Waals surface area contributed by atoms with Gasteiger partial charge in [-0.05, 0) is 72.0 Å². The van der Waals surface area contributed by atoms with Crippen molar-refractivity contribution in [3.8, 4) is 0 Å². The molecule has 2 aliphatic rings. The van der Waals surface area contributed by atoms with Gasteiger partial charge in [-0.2, -0.15) is 15.3 Å². The second-order valence-corrected chi connectivity index (χ2v) is 9.15. The van der Waals surface area contributed by atoms with Crippen LogP contribution in [-0.2, 0) is 11.3 Å². The molecule has 1 unspecified atom stereocenters. The van der Waals surface area contributed by atoms with Crippen LogP contribution in [0.4, 0.5) is 5.69 Å². The summed E-state index contributed by atoms with van der Waals surface area (Å²) in [5.74, 6) is 1.05. The molecule has 1 atom stereocenters. The average molecular weight is 475 g/mol. The highest BCUT2D eigenvalue weighted by atomic mass is 79.9. The molecule has 0 radical (unpaired) electrons. The predicted octanol–water partition coefficient (Wildman–Crippen LogP) is 3.05. The van der Waals surface area contributed by atoms with E-state index < -0.39 is 0 Å². The van der Waals surface area contributed by atoms with Gasteiger partial charge < -0.3 is 10.6 Å². The Morgan fingerprint density at radius 3 is 2.53 bits per heavy atom. The fourth-order valence-electron chi connectivity index (χ4n) is 4.83. The van der Waals surface area contributed by atoms with E-state index in [1.807, 2.05) is 6.92 Å². The Kier molecular flexibility index (Phi) is 6.46. The molecule has 2 aromatic rings. The first-order chi connectivity index (χ1) is 14.5. The highest BCUT2D eigenvalue weighted by Gasteiger charge is 2.36.